The lowest BCUT2D eigenvalue weighted by Gasteiger charge is -2.30. The van der Waals surface area contributed by atoms with E-state index in [4.69, 9.17) is 22.9 Å². The fraction of sp³-hybridized carbons (Fsp3) is 0.685. The minimum Gasteiger partial charge on any atom is -0.481 e. The van der Waals surface area contributed by atoms with Gasteiger partial charge in [-0.2, -0.15) is 0 Å². The minimum absolute atomic E-state index is 0.0263. The van der Waals surface area contributed by atoms with Crippen LogP contribution in [0.2, 0.25) is 0 Å². The number of imidazole rings is 1. The monoisotopic (exact) mass is 1250 g/mol. The van der Waals surface area contributed by atoms with Gasteiger partial charge in [0.15, 0.2) is 0 Å². The zero-order valence-corrected chi connectivity index (χ0v) is 50.5. The molecule has 12 unspecified atom stereocenters. The van der Waals surface area contributed by atoms with Gasteiger partial charge in [-0.15, -0.1) is 0 Å². The molecular formula is C54H90N16O18. The van der Waals surface area contributed by atoms with Crippen molar-refractivity contribution in [3.8, 4) is 0 Å². The third kappa shape index (κ3) is 25.9. The van der Waals surface area contributed by atoms with Gasteiger partial charge in [-0.1, -0.05) is 48.0 Å². The fourth-order valence-corrected chi connectivity index (χ4v) is 9.17. The van der Waals surface area contributed by atoms with Gasteiger partial charge >= 0.3 is 11.9 Å². The summed E-state index contributed by atoms with van der Waals surface area (Å²) in [6, 6.07) is -17.2. The molecule has 22 N–H and O–H groups in total. The summed E-state index contributed by atoms with van der Waals surface area (Å²) < 4.78 is 0. The van der Waals surface area contributed by atoms with Crippen molar-refractivity contribution in [2.75, 3.05) is 26.3 Å². The molecule has 88 heavy (non-hydrogen) atoms. The van der Waals surface area contributed by atoms with Crippen molar-refractivity contribution in [3.05, 3.63) is 18.2 Å². The average molecular weight is 1250 g/mol. The van der Waals surface area contributed by atoms with Crippen molar-refractivity contribution in [3.63, 3.8) is 0 Å². The van der Waals surface area contributed by atoms with E-state index in [1.165, 1.54) is 12.5 Å². The molecule has 0 spiro atoms. The summed E-state index contributed by atoms with van der Waals surface area (Å²) in [7, 11) is 0. The fourth-order valence-electron chi connectivity index (χ4n) is 9.17. The first kappa shape index (κ1) is 75.7. The van der Waals surface area contributed by atoms with E-state index >= 15 is 0 Å². The molecule has 34 nitrogen and oxygen atoms in total. The molecule has 1 saturated heterocycles. The van der Waals surface area contributed by atoms with Crippen LogP contribution in [-0.2, 0) is 73.5 Å². The summed E-state index contributed by atoms with van der Waals surface area (Å²) >= 11 is 0. The Morgan fingerprint density at radius 2 is 1.07 bits per heavy atom. The number of carboxylic acid groups (broad SMARTS) is 2. The van der Waals surface area contributed by atoms with Crippen molar-refractivity contribution in [2.45, 2.75) is 191 Å². The average Bonchev–Trinajstić information content (AvgIpc) is 4.09. The molecule has 2 heterocycles. The SMILES string of the molecule is CCC(C)C(N)C(=O)NC(CCCCN)C(=O)NC(CC(N)=O)C(=O)NC(CC(C)C)C(=O)NC(CCC(N)=O)C(=O)NC(CO)C(=O)NC(CC(C)C)C(=O)NC(CC(=O)O)C(=O)N1CCCC1C(=O)NC(CO)C(=O)NC(Cc1cnc[nH]1)C(=O)O. The Balaban J connectivity index is 2.35. The number of amides is 12. The lowest BCUT2D eigenvalue weighted by Crippen LogP contribution is -2.61. The summed E-state index contributed by atoms with van der Waals surface area (Å²) in [5.74, 6) is -16.4. The summed E-state index contributed by atoms with van der Waals surface area (Å²) in [6.45, 7) is 8.15. The first-order valence-electron chi connectivity index (χ1n) is 29.1. The molecule has 1 fully saturated rings. The van der Waals surface area contributed by atoms with Crippen LogP contribution in [0.1, 0.15) is 124 Å². The molecule has 0 bridgehead atoms. The predicted octanol–water partition coefficient (Wildman–Crippen LogP) is -6.41. The van der Waals surface area contributed by atoms with Crippen molar-refractivity contribution in [1.82, 2.24) is 62.7 Å². The number of nitrogens with one attached hydrogen (secondary N) is 10. The van der Waals surface area contributed by atoms with Gasteiger partial charge in [0.1, 0.15) is 60.4 Å². The Hall–Kier alpha value is -8.37. The first-order valence-corrected chi connectivity index (χ1v) is 29.1. The number of unbranched alkanes of at least 4 members (excludes halogenated alkanes) is 1. The second-order valence-corrected chi connectivity index (χ2v) is 22.5. The van der Waals surface area contributed by atoms with Crippen molar-refractivity contribution >= 4 is 82.8 Å². The molecule has 1 aliphatic rings. The number of H-pyrrole nitrogens is 1. The number of carboxylic acids is 2. The summed E-state index contributed by atoms with van der Waals surface area (Å²) in [5.41, 5.74) is 23.0. The lowest BCUT2D eigenvalue weighted by atomic mass is 9.98. The van der Waals surface area contributed by atoms with Crippen LogP contribution in [-0.4, -0.2) is 211 Å². The van der Waals surface area contributed by atoms with Crippen LogP contribution in [0.5, 0.6) is 0 Å². The molecular weight excluding hydrogens is 1160 g/mol. The van der Waals surface area contributed by atoms with Crippen molar-refractivity contribution in [2.24, 2.45) is 40.7 Å². The molecule has 12 amide bonds. The molecule has 34 heteroatoms. The number of aliphatic hydroxyl groups is 2. The number of likely N-dealkylation sites (tertiary alicyclic amines) is 1. The number of aliphatic carboxylic acids is 2. The molecule has 0 aromatic carbocycles. The zero-order chi connectivity index (χ0) is 66.5. The Morgan fingerprint density at radius 3 is 1.55 bits per heavy atom. The Morgan fingerprint density at radius 1 is 0.602 bits per heavy atom. The van der Waals surface area contributed by atoms with E-state index in [1.54, 1.807) is 34.6 Å². The third-order valence-electron chi connectivity index (χ3n) is 14.2. The summed E-state index contributed by atoms with van der Waals surface area (Å²) in [4.78, 5) is 193. The largest absolute Gasteiger partial charge is 0.481 e. The highest BCUT2D eigenvalue weighted by Gasteiger charge is 2.42. The van der Waals surface area contributed by atoms with Gasteiger partial charge < -0.3 is 101 Å². The van der Waals surface area contributed by atoms with E-state index in [-0.39, 0.29) is 63.5 Å². The molecule has 1 aromatic rings. The molecule has 2 rings (SSSR count). The molecule has 12 atom stereocenters. The molecule has 0 aliphatic carbocycles. The van der Waals surface area contributed by atoms with Crippen LogP contribution < -0.4 is 70.8 Å². The molecule has 0 saturated carbocycles. The quantitative estimate of drug-likeness (QED) is 0.0271. The Kier molecular flexibility index (Phi) is 32.7. The van der Waals surface area contributed by atoms with Crippen LogP contribution in [0.25, 0.3) is 0 Å². The van der Waals surface area contributed by atoms with Crippen molar-refractivity contribution < 1.29 is 87.5 Å². The van der Waals surface area contributed by atoms with Crippen molar-refractivity contribution in [1.29, 1.82) is 0 Å². The first-order chi connectivity index (χ1) is 41.4. The predicted molar refractivity (Wildman–Crippen MR) is 310 cm³/mol. The van der Waals surface area contributed by atoms with E-state index in [9.17, 15) is 87.5 Å². The van der Waals surface area contributed by atoms with Gasteiger partial charge in [-0.05, 0) is 75.7 Å². The normalized spacial score (nSPS) is 16.7. The standard InChI is InChI=1S/C54H90N16O18/c1-7-28(6)43(58)52(85)62-30(11-8-9-15-55)44(77)65-34(20-41(57)74)48(81)63-32(17-26(2)3)46(79)61-31(13-14-40(56)73)45(78)68-37(23-71)49(82)64-33(18-27(4)5)47(80)66-35(21-42(75)76)53(86)70-16-10-12-39(70)51(84)69-38(24-72)50(83)67-36(54(87)88)19-29-22-59-25-60-29/h22,25-28,30-39,43,71-72H,7-21,23-24,55,58H2,1-6H3,(H2,56,73)(H2,57,74)(H,59,60)(H,61,79)(H,62,85)(H,63,81)(H,64,82)(H,65,77)(H,66,80)(H,67,83)(H,68,78)(H,69,84)(H,75,76)(H,87,88). The highest BCUT2D eigenvalue weighted by Crippen LogP contribution is 2.21. The van der Waals surface area contributed by atoms with Gasteiger partial charge in [-0.25, -0.2) is 9.78 Å². The maximum absolute atomic E-state index is 14.1. The van der Waals surface area contributed by atoms with Gasteiger partial charge in [0.2, 0.25) is 70.9 Å². The maximum atomic E-state index is 14.1. The number of primary amides is 2. The number of nitrogens with zero attached hydrogens (tertiary/aromatic N) is 2. The topological polar surface area (TPSA) is 564 Å². The molecule has 494 valence electrons. The number of hydrogen-bond donors (Lipinski definition) is 18. The minimum atomic E-state index is -1.90. The smallest absolute Gasteiger partial charge is 0.326 e. The van der Waals surface area contributed by atoms with E-state index in [2.05, 4.69) is 57.8 Å². The highest BCUT2D eigenvalue weighted by molar-refractivity contribution is 6.00. The van der Waals surface area contributed by atoms with Crippen LogP contribution in [0.4, 0.5) is 0 Å². The van der Waals surface area contributed by atoms with E-state index in [1.807, 2.05) is 6.92 Å². The maximum Gasteiger partial charge on any atom is 0.326 e. The van der Waals surface area contributed by atoms with E-state index in [0.717, 1.165) is 4.90 Å². The number of rotatable bonds is 41. The van der Waals surface area contributed by atoms with Gasteiger partial charge in [0, 0.05) is 31.3 Å². The molecule has 1 aliphatic heterocycles. The Bertz CT molecular complexity index is 2570. The number of carbonyl (C=O) groups is 14. The summed E-state index contributed by atoms with van der Waals surface area (Å²) in [6.07, 6.45) is 0.788. The summed E-state index contributed by atoms with van der Waals surface area (Å²) in [5, 5.41) is 61.3. The van der Waals surface area contributed by atoms with Crippen LogP contribution >= 0.6 is 0 Å². The second kappa shape index (κ2) is 38.0. The zero-order valence-electron chi connectivity index (χ0n) is 50.5. The van der Waals surface area contributed by atoms with Gasteiger partial charge in [0.25, 0.3) is 0 Å². The second-order valence-electron chi connectivity index (χ2n) is 22.5. The van der Waals surface area contributed by atoms with E-state index in [0.29, 0.717) is 25.0 Å². The van der Waals surface area contributed by atoms with Gasteiger partial charge in [-0.3, -0.25) is 62.3 Å². The number of carbonyl (C=O) groups excluding carboxylic acids is 12. The number of aromatic amines is 1. The Labute approximate surface area is 508 Å². The molecule has 0 radical (unpaired) electrons. The number of aliphatic hydroxyl groups excluding tert-OH is 2. The van der Waals surface area contributed by atoms with Crippen LogP contribution in [0.3, 0.4) is 0 Å². The van der Waals surface area contributed by atoms with Crippen LogP contribution in [0.15, 0.2) is 12.5 Å². The van der Waals surface area contributed by atoms with Gasteiger partial charge in [0.05, 0.1) is 38.4 Å². The molecule has 1 aromatic heterocycles. The number of nitrogens with two attached hydrogens (primary N) is 4. The highest BCUT2D eigenvalue weighted by atomic mass is 16.4. The number of aromatic nitrogens is 2. The number of hydrogen-bond acceptors (Lipinski definition) is 19. The van der Waals surface area contributed by atoms with Crippen LogP contribution in [0, 0.1) is 17.8 Å². The third-order valence-corrected chi connectivity index (χ3v) is 14.2. The lowest BCUT2D eigenvalue weighted by molar-refractivity contribution is -0.146. The van der Waals surface area contributed by atoms with E-state index < -0.39 is 194 Å².